The Kier molecular flexibility index (Phi) is 2.62. The molecule has 13 heavy (non-hydrogen) atoms. The standard InChI is InChI=1S/C9H13NO2S/c11-6-9(2-1-3-12-9)4-8-5-10-7-13-8/h5,7,11H,1-4,6H2. The fraction of sp³-hybridized carbons (Fsp3) is 0.667. The van der Waals surface area contributed by atoms with Gasteiger partial charge < -0.3 is 9.84 Å². The van der Waals surface area contributed by atoms with Gasteiger partial charge in [0.25, 0.3) is 0 Å². The van der Waals surface area contributed by atoms with Crippen LogP contribution in [0.3, 0.4) is 0 Å². The molecule has 2 heterocycles. The lowest BCUT2D eigenvalue weighted by atomic mass is 9.96. The molecular weight excluding hydrogens is 186 g/mol. The molecule has 0 amide bonds. The third-order valence-corrected chi connectivity index (χ3v) is 3.23. The minimum absolute atomic E-state index is 0.116. The molecule has 0 saturated carbocycles. The fourth-order valence-corrected chi connectivity index (χ4v) is 2.45. The molecule has 1 aromatic rings. The van der Waals surface area contributed by atoms with Crippen LogP contribution in [0.5, 0.6) is 0 Å². The van der Waals surface area contributed by atoms with Crippen LogP contribution in [-0.4, -0.2) is 28.9 Å². The first-order valence-electron chi connectivity index (χ1n) is 4.47. The van der Waals surface area contributed by atoms with E-state index < -0.39 is 0 Å². The third kappa shape index (κ3) is 1.90. The summed E-state index contributed by atoms with van der Waals surface area (Å²) in [6, 6.07) is 0. The van der Waals surface area contributed by atoms with Crippen LogP contribution in [0.25, 0.3) is 0 Å². The first-order valence-corrected chi connectivity index (χ1v) is 5.35. The smallest absolute Gasteiger partial charge is 0.0961 e. The average Bonchev–Trinajstić information content (AvgIpc) is 2.77. The van der Waals surface area contributed by atoms with Crippen LogP contribution in [0.15, 0.2) is 11.7 Å². The van der Waals surface area contributed by atoms with Crippen molar-refractivity contribution in [3.63, 3.8) is 0 Å². The third-order valence-electron chi connectivity index (χ3n) is 2.45. The second-order valence-corrected chi connectivity index (χ2v) is 4.41. The Bertz CT molecular complexity index is 255. The lowest BCUT2D eigenvalue weighted by molar-refractivity contribution is -0.0371. The minimum Gasteiger partial charge on any atom is -0.393 e. The van der Waals surface area contributed by atoms with Gasteiger partial charge in [-0.1, -0.05) is 0 Å². The molecule has 0 bridgehead atoms. The van der Waals surface area contributed by atoms with Gasteiger partial charge >= 0.3 is 0 Å². The predicted octanol–water partition coefficient (Wildman–Crippen LogP) is 1.23. The van der Waals surface area contributed by atoms with Crippen molar-refractivity contribution in [2.75, 3.05) is 13.2 Å². The summed E-state index contributed by atoms with van der Waals surface area (Å²) < 4.78 is 5.59. The van der Waals surface area contributed by atoms with E-state index in [1.54, 1.807) is 11.3 Å². The van der Waals surface area contributed by atoms with E-state index in [4.69, 9.17) is 4.74 Å². The Morgan fingerprint density at radius 1 is 1.69 bits per heavy atom. The Labute approximate surface area is 81.4 Å². The van der Waals surface area contributed by atoms with Crippen molar-refractivity contribution in [3.8, 4) is 0 Å². The first kappa shape index (κ1) is 9.12. The second-order valence-electron chi connectivity index (χ2n) is 3.44. The van der Waals surface area contributed by atoms with Gasteiger partial charge in [0.2, 0.25) is 0 Å². The van der Waals surface area contributed by atoms with Gasteiger partial charge in [-0.15, -0.1) is 11.3 Å². The number of ether oxygens (including phenoxy) is 1. The predicted molar refractivity (Wildman–Crippen MR) is 50.8 cm³/mol. The number of aliphatic hydroxyl groups excluding tert-OH is 1. The van der Waals surface area contributed by atoms with E-state index in [0.29, 0.717) is 0 Å². The summed E-state index contributed by atoms with van der Waals surface area (Å²) >= 11 is 1.62. The summed E-state index contributed by atoms with van der Waals surface area (Å²) in [6.07, 6.45) is 4.67. The van der Waals surface area contributed by atoms with Gasteiger partial charge in [-0.05, 0) is 12.8 Å². The highest BCUT2D eigenvalue weighted by Crippen LogP contribution is 2.29. The van der Waals surface area contributed by atoms with E-state index in [9.17, 15) is 5.11 Å². The molecule has 0 radical (unpaired) electrons. The molecule has 1 unspecified atom stereocenters. The van der Waals surface area contributed by atoms with E-state index in [-0.39, 0.29) is 12.2 Å². The summed E-state index contributed by atoms with van der Waals surface area (Å²) in [6.45, 7) is 0.893. The van der Waals surface area contributed by atoms with E-state index in [1.165, 1.54) is 4.88 Å². The topological polar surface area (TPSA) is 42.4 Å². The van der Waals surface area contributed by atoms with Crippen molar-refractivity contribution in [2.24, 2.45) is 0 Å². The average molecular weight is 199 g/mol. The number of rotatable bonds is 3. The van der Waals surface area contributed by atoms with Gasteiger partial charge in [-0.2, -0.15) is 0 Å². The van der Waals surface area contributed by atoms with E-state index in [2.05, 4.69) is 4.98 Å². The Balaban J connectivity index is 2.06. The normalized spacial score (nSPS) is 28.1. The van der Waals surface area contributed by atoms with Crippen molar-refractivity contribution in [1.29, 1.82) is 0 Å². The number of nitrogens with zero attached hydrogens (tertiary/aromatic N) is 1. The highest BCUT2D eigenvalue weighted by molar-refractivity contribution is 7.09. The summed E-state index contributed by atoms with van der Waals surface area (Å²) in [4.78, 5) is 5.20. The molecule has 1 saturated heterocycles. The number of thiazole rings is 1. The molecule has 1 aromatic heterocycles. The quantitative estimate of drug-likeness (QED) is 0.796. The summed E-state index contributed by atoms with van der Waals surface area (Å²) in [5.41, 5.74) is 1.50. The highest BCUT2D eigenvalue weighted by Gasteiger charge is 2.34. The van der Waals surface area contributed by atoms with Crippen molar-refractivity contribution in [3.05, 3.63) is 16.6 Å². The summed E-state index contributed by atoms with van der Waals surface area (Å²) in [5, 5.41) is 9.27. The lowest BCUT2D eigenvalue weighted by Gasteiger charge is -2.24. The van der Waals surface area contributed by atoms with Gasteiger partial charge in [-0.3, -0.25) is 4.98 Å². The molecule has 2 rings (SSSR count). The zero-order valence-electron chi connectivity index (χ0n) is 7.40. The zero-order valence-corrected chi connectivity index (χ0v) is 8.22. The van der Waals surface area contributed by atoms with Gasteiger partial charge in [0.15, 0.2) is 0 Å². The highest BCUT2D eigenvalue weighted by atomic mass is 32.1. The molecule has 72 valence electrons. The van der Waals surface area contributed by atoms with Crippen molar-refractivity contribution >= 4 is 11.3 Å². The summed E-state index contributed by atoms with van der Waals surface area (Å²) in [7, 11) is 0. The van der Waals surface area contributed by atoms with Crippen LogP contribution in [0.4, 0.5) is 0 Å². The molecule has 3 nitrogen and oxygen atoms in total. The maximum absolute atomic E-state index is 9.27. The number of hydrogen-bond donors (Lipinski definition) is 1. The van der Waals surface area contributed by atoms with Crippen LogP contribution in [-0.2, 0) is 11.2 Å². The monoisotopic (exact) mass is 199 g/mol. The molecule has 0 aromatic carbocycles. The molecule has 1 fully saturated rings. The van der Waals surface area contributed by atoms with Crippen LogP contribution in [0.2, 0.25) is 0 Å². The van der Waals surface area contributed by atoms with E-state index in [0.717, 1.165) is 25.9 Å². The summed E-state index contributed by atoms with van der Waals surface area (Å²) in [5.74, 6) is 0. The van der Waals surface area contributed by atoms with Crippen LogP contribution >= 0.6 is 11.3 Å². The minimum atomic E-state index is -0.313. The number of hydrogen-bond acceptors (Lipinski definition) is 4. The van der Waals surface area contributed by atoms with Gasteiger partial charge in [0, 0.05) is 24.1 Å². The van der Waals surface area contributed by atoms with Crippen LogP contribution < -0.4 is 0 Å². The molecule has 1 atom stereocenters. The molecule has 1 N–H and O–H groups in total. The first-order chi connectivity index (χ1) is 6.35. The molecule has 0 spiro atoms. The van der Waals surface area contributed by atoms with E-state index in [1.807, 2.05) is 11.7 Å². The van der Waals surface area contributed by atoms with Gasteiger partial charge in [0.05, 0.1) is 17.7 Å². The largest absolute Gasteiger partial charge is 0.393 e. The molecular formula is C9H13NO2S. The molecule has 0 aliphatic carbocycles. The molecule has 4 heteroatoms. The van der Waals surface area contributed by atoms with Crippen LogP contribution in [0, 0.1) is 0 Å². The maximum Gasteiger partial charge on any atom is 0.0961 e. The van der Waals surface area contributed by atoms with Crippen LogP contribution in [0.1, 0.15) is 17.7 Å². The Morgan fingerprint density at radius 3 is 3.15 bits per heavy atom. The second kappa shape index (κ2) is 3.74. The van der Waals surface area contributed by atoms with Gasteiger partial charge in [-0.25, -0.2) is 0 Å². The Hall–Kier alpha value is -0.450. The molecule has 1 aliphatic heterocycles. The Morgan fingerprint density at radius 2 is 2.62 bits per heavy atom. The fourth-order valence-electron chi connectivity index (χ4n) is 1.72. The molecule has 1 aliphatic rings. The van der Waals surface area contributed by atoms with Crippen molar-refractivity contribution in [2.45, 2.75) is 24.9 Å². The zero-order chi connectivity index (χ0) is 9.15. The van der Waals surface area contributed by atoms with E-state index >= 15 is 0 Å². The van der Waals surface area contributed by atoms with Gasteiger partial charge in [0.1, 0.15) is 0 Å². The lowest BCUT2D eigenvalue weighted by Crippen LogP contribution is -2.34. The van der Waals surface area contributed by atoms with Crippen molar-refractivity contribution < 1.29 is 9.84 Å². The maximum atomic E-state index is 9.27. The number of aliphatic hydroxyl groups is 1. The SMILES string of the molecule is OCC1(Cc2cncs2)CCCO1. The number of aromatic nitrogens is 1. The van der Waals surface area contributed by atoms with Crippen molar-refractivity contribution in [1.82, 2.24) is 4.98 Å².